The molecule has 2 heterocycles. The molecule has 0 saturated carbocycles. The van der Waals surface area contributed by atoms with E-state index in [0.717, 1.165) is 0 Å². The van der Waals surface area contributed by atoms with Crippen molar-refractivity contribution in [3.05, 3.63) is 24.1 Å². The van der Waals surface area contributed by atoms with E-state index in [2.05, 4.69) is 4.98 Å². The molecule has 1 saturated heterocycles. The van der Waals surface area contributed by atoms with E-state index in [4.69, 9.17) is 0 Å². The van der Waals surface area contributed by atoms with Gasteiger partial charge in [-0.05, 0) is 25.0 Å². The van der Waals surface area contributed by atoms with Gasteiger partial charge in [0.2, 0.25) is 5.95 Å². The van der Waals surface area contributed by atoms with E-state index in [0.29, 0.717) is 13.0 Å². The highest BCUT2D eigenvalue weighted by atomic mass is 19.4. The lowest BCUT2D eigenvalue weighted by Gasteiger charge is -2.34. The number of halogens is 4. The Labute approximate surface area is 96.3 Å². The molecule has 0 radical (unpaired) electrons. The Morgan fingerprint density at radius 2 is 2.06 bits per heavy atom. The van der Waals surface area contributed by atoms with Crippen LogP contribution in [-0.2, 0) is 0 Å². The van der Waals surface area contributed by atoms with Crippen molar-refractivity contribution in [1.82, 2.24) is 4.98 Å². The first kappa shape index (κ1) is 12.1. The van der Waals surface area contributed by atoms with Gasteiger partial charge in [0.25, 0.3) is 0 Å². The van der Waals surface area contributed by atoms with Crippen LogP contribution in [-0.4, -0.2) is 24.2 Å². The van der Waals surface area contributed by atoms with Gasteiger partial charge < -0.3 is 4.90 Å². The normalized spacial score (nSPS) is 21.6. The molecule has 0 spiro atoms. The molecule has 0 aromatic carbocycles. The summed E-state index contributed by atoms with van der Waals surface area (Å²) in [4.78, 5) is 5.10. The first-order valence-corrected chi connectivity index (χ1v) is 5.41. The Balaban J connectivity index is 2.12. The van der Waals surface area contributed by atoms with Gasteiger partial charge in [-0.25, -0.2) is 4.98 Å². The number of hydrogen-bond donors (Lipinski definition) is 0. The van der Waals surface area contributed by atoms with Gasteiger partial charge in [-0.15, -0.1) is 0 Å². The van der Waals surface area contributed by atoms with Gasteiger partial charge in [0.1, 0.15) is 5.82 Å². The van der Waals surface area contributed by atoms with Crippen molar-refractivity contribution in [2.45, 2.75) is 19.0 Å². The molecule has 2 rings (SSSR count). The first-order chi connectivity index (χ1) is 7.97. The summed E-state index contributed by atoms with van der Waals surface area (Å²) in [7, 11) is 0. The number of pyridine rings is 1. The van der Waals surface area contributed by atoms with E-state index in [1.165, 1.54) is 23.1 Å². The van der Waals surface area contributed by atoms with Crippen LogP contribution in [0.15, 0.2) is 18.2 Å². The topological polar surface area (TPSA) is 16.1 Å². The summed E-state index contributed by atoms with van der Waals surface area (Å²) in [6, 6.07) is 4.16. The van der Waals surface area contributed by atoms with E-state index in [1.807, 2.05) is 0 Å². The molecule has 0 amide bonds. The summed E-state index contributed by atoms with van der Waals surface area (Å²) in [5.74, 6) is -1.74. The molecule has 1 aromatic rings. The molecule has 1 aliphatic heterocycles. The largest absolute Gasteiger partial charge is 0.393 e. The highest BCUT2D eigenvalue weighted by Gasteiger charge is 2.42. The van der Waals surface area contributed by atoms with Crippen LogP contribution in [0, 0.1) is 11.9 Å². The number of rotatable bonds is 1. The average Bonchev–Trinajstić information content (AvgIpc) is 2.28. The maximum Gasteiger partial charge on any atom is 0.393 e. The van der Waals surface area contributed by atoms with Crippen molar-refractivity contribution in [2.24, 2.45) is 5.92 Å². The van der Waals surface area contributed by atoms with Gasteiger partial charge in [-0.3, -0.25) is 0 Å². The van der Waals surface area contributed by atoms with Crippen LogP contribution in [0.5, 0.6) is 0 Å². The summed E-state index contributed by atoms with van der Waals surface area (Å²) in [5, 5.41) is 0. The van der Waals surface area contributed by atoms with Crippen LogP contribution in [0.2, 0.25) is 0 Å². The maximum atomic E-state index is 12.9. The summed E-state index contributed by atoms with van der Waals surface area (Å²) in [6.45, 7) is 0.350. The van der Waals surface area contributed by atoms with Gasteiger partial charge in [0.15, 0.2) is 0 Å². The van der Waals surface area contributed by atoms with Crippen LogP contribution in [0.1, 0.15) is 12.8 Å². The molecule has 94 valence electrons. The number of anilines is 1. The Morgan fingerprint density at radius 3 is 2.71 bits per heavy atom. The van der Waals surface area contributed by atoms with Gasteiger partial charge in [-0.1, -0.05) is 6.07 Å². The summed E-state index contributed by atoms with van der Waals surface area (Å²) >= 11 is 0. The zero-order chi connectivity index (χ0) is 12.5. The molecule has 1 aliphatic rings. The molecule has 0 bridgehead atoms. The van der Waals surface area contributed by atoms with Gasteiger partial charge in [-0.2, -0.15) is 17.6 Å². The fourth-order valence-corrected chi connectivity index (χ4v) is 2.03. The Hall–Kier alpha value is -1.33. The number of nitrogens with zero attached hydrogens (tertiary/aromatic N) is 2. The third kappa shape index (κ3) is 2.87. The van der Waals surface area contributed by atoms with Crippen LogP contribution >= 0.6 is 0 Å². The van der Waals surface area contributed by atoms with Crippen molar-refractivity contribution < 1.29 is 17.6 Å². The zero-order valence-corrected chi connectivity index (χ0v) is 9.04. The van der Waals surface area contributed by atoms with E-state index >= 15 is 0 Å². The summed E-state index contributed by atoms with van der Waals surface area (Å²) in [6.07, 6.45) is -3.61. The quantitative estimate of drug-likeness (QED) is 0.561. The monoisotopic (exact) mass is 248 g/mol. The van der Waals surface area contributed by atoms with Crippen molar-refractivity contribution in [2.75, 3.05) is 18.0 Å². The minimum absolute atomic E-state index is 0.134. The van der Waals surface area contributed by atoms with Crippen molar-refractivity contribution in [1.29, 1.82) is 0 Å². The summed E-state index contributed by atoms with van der Waals surface area (Å²) in [5.41, 5.74) is 0. The smallest absolute Gasteiger partial charge is 0.356 e. The highest BCUT2D eigenvalue weighted by molar-refractivity contribution is 5.38. The molecule has 1 unspecified atom stereocenters. The van der Waals surface area contributed by atoms with E-state index in [-0.39, 0.29) is 18.8 Å². The average molecular weight is 248 g/mol. The maximum absolute atomic E-state index is 12.9. The fourth-order valence-electron chi connectivity index (χ4n) is 2.03. The predicted octanol–water partition coefficient (Wildman–Crippen LogP) is 3.00. The molecule has 2 nitrogen and oxygen atoms in total. The lowest BCUT2D eigenvalue weighted by Crippen LogP contribution is -2.42. The predicted molar refractivity (Wildman–Crippen MR) is 55.2 cm³/mol. The third-order valence-electron chi connectivity index (χ3n) is 2.91. The van der Waals surface area contributed by atoms with Crippen molar-refractivity contribution >= 4 is 5.82 Å². The number of piperidine rings is 1. The Kier molecular flexibility index (Phi) is 3.22. The summed E-state index contributed by atoms with van der Waals surface area (Å²) < 4.78 is 50.7. The van der Waals surface area contributed by atoms with Crippen molar-refractivity contribution in [3.63, 3.8) is 0 Å². The Morgan fingerprint density at radius 1 is 1.29 bits per heavy atom. The number of aromatic nitrogens is 1. The molecular formula is C11H12F4N2. The molecule has 0 N–H and O–H groups in total. The van der Waals surface area contributed by atoms with Crippen LogP contribution in [0.3, 0.4) is 0 Å². The van der Waals surface area contributed by atoms with Crippen LogP contribution in [0.4, 0.5) is 23.4 Å². The van der Waals surface area contributed by atoms with Gasteiger partial charge in [0.05, 0.1) is 5.92 Å². The van der Waals surface area contributed by atoms with E-state index in [1.54, 1.807) is 0 Å². The zero-order valence-electron chi connectivity index (χ0n) is 9.04. The number of hydrogen-bond acceptors (Lipinski definition) is 2. The fraction of sp³-hybridized carbons (Fsp3) is 0.545. The second-order valence-electron chi connectivity index (χ2n) is 4.15. The van der Waals surface area contributed by atoms with Gasteiger partial charge >= 0.3 is 6.18 Å². The standard InChI is InChI=1S/C11H12F4N2/c12-9-4-1-5-10(16-9)17-6-2-3-8(7-17)11(13,14)15/h1,4-5,8H,2-3,6-7H2. The molecule has 6 heteroatoms. The van der Waals surface area contributed by atoms with Crippen molar-refractivity contribution in [3.8, 4) is 0 Å². The van der Waals surface area contributed by atoms with Gasteiger partial charge in [0, 0.05) is 13.1 Å². The van der Waals surface area contributed by atoms with Crippen LogP contribution in [0.25, 0.3) is 0 Å². The lowest BCUT2D eigenvalue weighted by molar-refractivity contribution is -0.176. The lowest BCUT2D eigenvalue weighted by atomic mass is 9.97. The Bertz CT molecular complexity index is 391. The molecule has 1 aromatic heterocycles. The molecule has 1 atom stereocenters. The first-order valence-electron chi connectivity index (χ1n) is 5.41. The minimum atomic E-state index is -4.19. The number of alkyl halides is 3. The highest BCUT2D eigenvalue weighted by Crippen LogP contribution is 2.34. The van der Waals surface area contributed by atoms with E-state index in [9.17, 15) is 17.6 Å². The molecule has 17 heavy (non-hydrogen) atoms. The third-order valence-corrected chi connectivity index (χ3v) is 2.91. The minimum Gasteiger partial charge on any atom is -0.356 e. The second-order valence-corrected chi connectivity index (χ2v) is 4.15. The molecular weight excluding hydrogens is 236 g/mol. The second kappa shape index (κ2) is 4.50. The SMILES string of the molecule is Fc1cccc(N2CCCC(C(F)(F)F)C2)n1. The molecule has 0 aliphatic carbocycles. The molecule has 1 fully saturated rings. The van der Waals surface area contributed by atoms with Crippen LogP contribution < -0.4 is 4.90 Å². The van der Waals surface area contributed by atoms with E-state index < -0.39 is 18.0 Å².